The average molecular weight is 367 g/mol. The highest BCUT2D eigenvalue weighted by Crippen LogP contribution is 2.29. The van der Waals surface area contributed by atoms with E-state index in [4.69, 9.17) is 16.6 Å². The van der Waals surface area contributed by atoms with E-state index < -0.39 is 0 Å². The van der Waals surface area contributed by atoms with Crippen LogP contribution in [0.2, 0.25) is 5.02 Å². The van der Waals surface area contributed by atoms with Crippen LogP contribution < -0.4 is 4.90 Å². The first-order valence-corrected chi connectivity index (χ1v) is 9.05. The molecule has 4 rings (SSSR count). The van der Waals surface area contributed by atoms with Gasteiger partial charge in [-0.15, -0.1) is 11.3 Å². The van der Waals surface area contributed by atoms with Crippen LogP contribution in [0.25, 0.3) is 21.1 Å². The number of aromatic nitrogens is 1. The van der Waals surface area contributed by atoms with Gasteiger partial charge in [0.05, 0.1) is 10.4 Å². The van der Waals surface area contributed by atoms with Crippen molar-refractivity contribution in [2.24, 2.45) is 0 Å². The lowest BCUT2D eigenvalue weighted by Crippen LogP contribution is -2.25. The zero-order valence-corrected chi connectivity index (χ0v) is 15.4. The number of amides is 1. The highest BCUT2D eigenvalue weighted by molar-refractivity contribution is 7.20. The minimum absolute atomic E-state index is 0.0643. The number of nitrogens with zero attached hydrogens (tertiary/aromatic N) is 2. The van der Waals surface area contributed by atoms with Crippen LogP contribution in [0, 0.1) is 6.92 Å². The zero-order valence-electron chi connectivity index (χ0n) is 13.8. The van der Waals surface area contributed by atoms with E-state index >= 15 is 0 Å². The molecule has 0 saturated heterocycles. The normalized spacial score (nSPS) is 11.2. The second kappa shape index (κ2) is 6.14. The van der Waals surface area contributed by atoms with Crippen LogP contribution in [0.4, 0.5) is 5.69 Å². The van der Waals surface area contributed by atoms with Gasteiger partial charge >= 0.3 is 0 Å². The van der Waals surface area contributed by atoms with E-state index in [0.29, 0.717) is 9.90 Å². The smallest absolute Gasteiger partial charge is 0.268 e. The summed E-state index contributed by atoms with van der Waals surface area (Å²) in [5, 5.41) is 2.68. The summed E-state index contributed by atoms with van der Waals surface area (Å²) in [6.07, 6.45) is 0. The fourth-order valence-electron chi connectivity index (χ4n) is 2.81. The van der Waals surface area contributed by atoms with Gasteiger partial charge in [0.25, 0.3) is 5.91 Å². The number of anilines is 1. The molecule has 0 spiro atoms. The molecule has 0 bridgehead atoms. The molecule has 25 heavy (non-hydrogen) atoms. The Labute approximate surface area is 154 Å². The number of benzene rings is 2. The molecule has 3 nitrogen and oxygen atoms in total. The SMILES string of the molecule is Cc1ccc2cc3cc(C(=O)N(C)c4cccc(Cl)c4)sc3nc2c1. The lowest BCUT2D eigenvalue weighted by Gasteiger charge is -2.16. The van der Waals surface area contributed by atoms with Crippen molar-refractivity contribution >= 4 is 55.7 Å². The van der Waals surface area contributed by atoms with Crippen LogP contribution in [-0.4, -0.2) is 17.9 Å². The molecule has 0 N–H and O–H groups in total. The summed E-state index contributed by atoms with van der Waals surface area (Å²) in [6, 6.07) is 17.5. The minimum atomic E-state index is -0.0643. The molecule has 0 saturated carbocycles. The number of halogens is 1. The summed E-state index contributed by atoms with van der Waals surface area (Å²) in [7, 11) is 1.76. The van der Waals surface area contributed by atoms with Crippen LogP contribution >= 0.6 is 22.9 Å². The van der Waals surface area contributed by atoms with Gasteiger partial charge < -0.3 is 4.90 Å². The Hall–Kier alpha value is -2.43. The number of thiophene rings is 1. The van der Waals surface area contributed by atoms with E-state index in [2.05, 4.69) is 31.2 Å². The minimum Gasteiger partial charge on any atom is -0.311 e. The largest absolute Gasteiger partial charge is 0.311 e. The van der Waals surface area contributed by atoms with Crippen molar-refractivity contribution in [2.75, 3.05) is 11.9 Å². The molecule has 0 atom stereocenters. The summed E-state index contributed by atoms with van der Waals surface area (Å²) >= 11 is 7.45. The first-order valence-electron chi connectivity index (χ1n) is 7.86. The molecule has 0 aliphatic carbocycles. The molecule has 124 valence electrons. The van der Waals surface area contributed by atoms with Crippen molar-refractivity contribution in [3.05, 3.63) is 70.1 Å². The second-order valence-corrected chi connectivity index (χ2v) is 7.50. The van der Waals surface area contributed by atoms with E-state index in [9.17, 15) is 4.79 Å². The lowest BCUT2D eigenvalue weighted by molar-refractivity contribution is 0.0997. The molecular weight excluding hydrogens is 352 g/mol. The van der Waals surface area contributed by atoms with Crippen molar-refractivity contribution < 1.29 is 4.79 Å². The molecule has 0 fully saturated rings. The van der Waals surface area contributed by atoms with Gasteiger partial charge in [-0.3, -0.25) is 4.79 Å². The molecule has 5 heteroatoms. The van der Waals surface area contributed by atoms with Crippen LogP contribution in [0.15, 0.2) is 54.6 Å². The second-order valence-electron chi connectivity index (χ2n) is 6.03. The molecule has 2 aromatic carbocycles. The molecule has 2 aromatic heterocycles. The lowest BCUT2D eigenvalue weighted by atomic mass is 10.1. The molecule has 0 aliphatic rings. The number of pyridine rings is 1. The van der Waals surface area contributed by atoms with E-state index in [1.165, 1.54) is 16.9 Å². The van der Waals surface area contributed by atoms with Crippen LogP contribution in [-0.2, 0) is 0 Å². The number of carbonyl (C=O) groups excluding carboxylic acids is 1. The molecular formula is C20H15ClN2OS. The Morgan fingerprint density at radius 2 is 1.92 bits per heavy atom. The Balaban J connectivity index is 1.75. The first kappa shape index (κ1) is 16.1. The van der Waals surface area contributed by atoms with Gasteiger partial charge in [0.2, 0.25) is 0 Å². The predicted octanol–water partition coefficient (Wildman–Crippen LogP) is 5.69. The van der Waals surface area contributed by atoms with Gasteiger partial charge in [0.1, 0.15) is 4.83 Å². The highest BCUT2D eigenvalue weighted by Gasteiger charge is 2.17. The van der Waals surface area contributed by atoms with Gasteiger partial charge in [-0.1, -0.05) is 29.8 Å². The van der Waals surface area contributed by atoms with Crippen molar-refractivity contribution in [1.29, 1.82) is 0 Å². The Morgan fingerprint density at radius 3 is 2.72 bits per heavy atom. The third kappa shape index (κ3) is 2.99. The Kier molecular flexibility index (Phi) is 3.94. The van der Waals surface area contributed by atoms with Crippen LogP contribution in [0.5, 0.6) is 0 Å². The maximum absolute atomic E-state index is 12.8. The number of fused-ring (bicyclic) bond motifs is 2. The summed E-state index contributed by atoms with van der Waals surface area (Å²) in [5.74, 6) is -0.0643. The molecule has 0 aliphatic heterocycles. The van der Waals surface area contributed by atoms with Crippen molar-refractivity contribution in [2.45, 2.75) is 6.92 Å². The number of aryl methyl sites for hydroxylation is 1. The standard InChI is InChI=1S/C20H15ClN2OS/c1-12-6-7-13-9-14-10-18(25-19(14)22-17(13)8-12)20(24)23(2)16-5-3-4-15(21)11-16/h3-11H,1-2H3. The van der Waals surface area contributed by atoms with Crippen LogP contribution in [0.1, 0.15) is 15.2 Å². The van der Waals surface area contributed by atoms with Crippen molar-refractivity contribution in [1.82, 2.24) is 4.98 Å². The monoisotopic (exact) mass is 366 g/mol. The van der Waals surface area contributed by atoms with Gasteiger partial charge in [0, 0.05) is 28.5 Å². The van der Waals surface area contributed by atoms with Gasteiger partial charge in [-0.2, -0.15) is 0 Å². The molecule has 0 radical (unpaired) electrons. The summed E-state index contributed by atoms with van der Waals surface area (Å²) in [5.41, 5.74) is 2.90. The third-order valence-electron chi connectivity index (χ3n) is 4.17. The predicted molar refractivity (Wildman–Crippen MR) is 106 cm³/mol. The summed E-state index contributed by atoms with van der Waals surface area (Å²) in [6.45, 7) is 2.05. The molecule has 4 aromatic rings. The summed E-state index contributed by atoms with van der Waals surface area (Å²) < 4.78 is 0. The fraction of sp³-hybridized carbons (Fsp3) is 0.100. The summed E-state index contributed by atoms with van der Waals surface area (Å²) in [4.78, 5) is 20.7. The van der Waals surface area contributed by atoms with Gasteiger partial charge in [-0.25, -0.2) is 4.98 Å². The first-order chi connectivity index (χ1) is 12.0. The fourth-order valence-corrected chi connectivity index (χ4v) is 3.99. The van der Waals surface area contributed by atoms with E-state index in [1.807, 2.05) is 18.2 Å². The van der Waals surface area contributed by atoms with Crippen LogP contribution in [0.3, 0.4) is 0 Å². The third-order valence-corrected chi connectivity index (χ3v) is 5.44. The van der Waals surface area contributed by atoms with E-state index in [1.54, 1.807) is 24.1 Å². The van der Waals surface area contributed by atoms with Gasteiger partial charge in [0.15, 0.2) is 0 Å². The number of rotatable bonds is 2. The van der Waals surface area contributed by atoms with E-state index in [-0.39, 0.29) is 5.91 Å². The molecule has 1 amide bonds. The maximum atomic E-state index is 12.8. The van der Waals surface area contributed by atoms with Gasteiger partial charge in [-0.05, 0) is 48.9 Å². The Bertz CT molecular complexity index is 1120. The zero-order chi connectivity index (χ0) is 17.6. The van der Waals surface area contributed by atoms with Crippen molar-refractivity contribution in [3.8, 4) is 0 Å². The number of carbonyl (C=O) groups is 1. The maximum Gasteiger partial charge on any atom is 0.268 e. The number of hydrogen-bond donors (Lipinski definition) is 0. The molecule has 2 heterocycles. The Morgan fingerprint density at radius 1 is 1.08 bits per heavy atom. The average Bonchev–Trinajstić information content (AvgIpc) is 3.01. The quantitative estimate of drug-likeness (QED) is 0.456. The van der Waals surface area contributed by atoms with Crippen molar-refractivity contribution in [3.63, 3.8) is 0 Å². The number of hydrogen-bond acceptors (Lipinski definition) is 3. The molecule has 0 unspecified atom stereocenters. The topological polar surface area (TPSA) is 33.2 Å². The highest BCUT2D eigenvalue weighted by atomic mass is 35.5. The van der Waals surface area contributed by atoms with E-state index in [0.717, 1.165) is 26.8 Å².